The van der Waals surface area contributed by atoms with Crippen LogP contribution in [0.4, 0.5) is 0 Å². The summed E-state index contributed by atoms with van der Waals surface area (Å²) in [6.45, 7) is 7.02. The van der Waals surface area contributed by atoms with Gasteiger partial charge in [0.25, 0.3) is 0 Å². The van der Waals surface area contributed by atoms with E-state index >= 15 is 0 Å². The van der Waals surface area contributed by atoms with Crippen molar-refractivity contribution >= 4 is 27.3 Å². The molecule has 1 unspecified atom stereocenters. The lowest BCUT2D eigenvalue weighted by Gasteiger charge is -2.35. The molecule has 0 bridgehead atoms. The second-order valence-electron chi connectivity index (χ2n) is 6.90. The topological polar surface area (TPSA) is 66.5 Å². The smallest absolute Gasteiger partial charge is 0.221 e. The number of nitrogens with one attached hydrogen (secondary N) is 1. The van der Waals surface area contributed by atoms with Crippen LogP contribution in [0.25, 0.3) is 0 Å². The summed E-state index contributed by atoms with van der Waals surface area (Å²) in [5, 5.41) is 3.23. The lowest BCUT2D eigenvalue weighted by atomic mass is 9.98. The standard InChI is InChI=1S/C18H27ClN2O3S/c1-14-6-9-21(10-7-14)15(2)13-20-18(22)8-11-25(23,24)17-5-3-4-16(19)12-17/h3-5,12,14-15H,6-11,13H2,1-2H3,(H,20,22). The first-order valence-electron chi connectivity index (χ1n) is 8.77. The fourth-order valence-corrected chi connectivity index (χ4v) is 4.49. The summed E-state index contributed by atoms with van der Waals surface area (Å²) in [5.41, 5.74) is 0. The van der Waals surface area contributed by atoms with Crippen LogP contribution in [0.5, 0.6) is 0 Å². The Morgan fingerprint density at radius 1 is 1.36 bits per heavy atom. The second kappa shape index (κ2) is 9.01. The molecule has 0 radical (unpaired) electrons. The summed E-state index contributed by atoms with van der Waals surface area (Å²) in [4.78, 5) is 14.5. The fraction of sp³-hybridized carbons (Fsp3) is 0.611. The Labute approximate surface area is 155 Å². The molecule has 0 aromatic heterocycles. The van der Waals surface area contributed by atoms with Crippen molar-refractivity contribution in [2.24, 2.45) is 5.92 Å². The molecular weight excluding hydrogens is 360 g/mol. The number of amides is 1. The van der Waals surface area contributed by atoms with Crippen molar-refractivity contribution in [1.29, 1.82) is 0 Å². The lowest BCUT2D eigenvalue weighted by Crippen LogP contribution is -2.45. The van der Waals surface area contributed by atoms with Crippen LogP contribution in [0.15, 0.2) is 29.2 Å². The van der Waals surface area contributed by atoms with Gasteiger partial charge in [-0.1, -0.05) is 24.6 Å². The van der Waals surface area contributed by atoms with Crippen LogP contribution in [0.1, 0.15) is 33.1 Å². The third kappa shape index (κ3) is 6.28. The van der Waals surface area contributed by atoms with E-state index in [-0.39, 0.29) is 29.0 Å². The summed E-state index contributed by atoms with van der Waals surface area (Å²) >= 11 is 5.83. The predicted molar refractivity (Wildman–Crippen MR) is 101 cm³/mol. The van der Waals surface area contributed by atoms with Gasteiger partial charge in [0, 0.05) is 24.0 Å². The van der Waals surface area contributed by atoms with Crippen LogP contribution in [-0.4, -0.2) is 50.7 Å². The number of halogens is 1. The van der Waals surface area contributed by atoms with E-state index in [1.54, 1.807) is 12.1 Å². The number of rotatable bonds is 7. The Morgan fingerprint density at radius 2 is 2.04 bits per heavy atom. The van der Waals surface area contributed by atoms with Crippen molar-refractivity contribution in [3.05, 3.63) is 29.3 Å². The number of benzene rings is 1. The minimum Gasteiger partial charge on any atom is -0.355 e. The monoisotopic (exact) mass is 386 g/mol. The number of hydrogen-bond donors (Lipinski definition) is 1. The molecule has 1 atom stereocenters. The van der Waals surface area contributed by atoms with Gasteiger partial charge in [-0.3, -0.25) is 9.69 Å². The Hall–Kier alpha value is -1.11. The van der Waals surface area contributed by atoms with E-state index < -0.39 is 9.84 Å². The SMILES string of the molecule is CC1CCN(C(C)CNC(=O)CCS(=O)(=O)c2cccc(Cl)c2)CC1. The molecule has 0 aliphatic carbocycles. The molecule has 0 saturated carbocycles. The molecule has 1 fully saturated rings. The Bertz CT molecular complexity index is 685. The van der Waals surface area contributed by atoms with Crippen LogP contribution < -0.4 is 5.32 Å². The number of nitrogens with zero attached hydrogens (tertiary/aromatic N) is 1. The second-order valence-corrected chi connectivity index (χ2v) is 9.44. The van der Waals surface area contributed by atoms with Gasteiger partial charge in [0.05, 0.1) is 10.6 Å². The van der Waals surface area contributed by atoms with Gasteiger partial charge in [0.15, 0.2) is 9.84 Å². The van der Waals surface area contributed by atoms with Crippen molar-refractivity contribution in [3.63, 3.8) is 0 Å². The molecule has 1 amide bonds. The van der Waals surface area contributed by atoms with Crippen molar-refractivity contribution < 1.29 is 13.2 Å². The third-order valence-corrected chi connectivity index (χ3v) is 6.74. The molecule has 7 heteroatoms. The lowest BCUT2D eigenvalue weighted by molar-refractivity contribution is -0.120. The van der Waals surface area contributed by atoms with E-state index in [0.29, 0.717) is 11.6 Å². The zero-order chi connectivity index (χ0) is 18.4. The van der Waals surface area contributed by atoms with E-state index in [0.717, 1.165) is 19.0 Å². The van der Waals surface area contributed by atoms with Crippen molar-refractivity contribution in [1.82, 2.24) is 10.2 Å². The summed E-state index contributed by atoms with van der Waals surface area (Å²) in [5.74, 6) is 0.326. The number of hydrogen-bond acceptors (Lipinski definition) is 4. The maximum Gasteiger partial charge on any atom is 0.221 e. The Morgan fingerprint density at radius 3 is 2.68 bits per heavy atom. The van der Waals surface area contributed by atoms with Crippen LogP contribution in [-0.2, 0) is 14.6 Å². The molecule has 0 spiro atoms. The molecule has 1 aromatic carbocycles. The normalized spacial score (nSPS) is 18.0. The molecule has 25 heavy (non-hydrogen) atoms. The molecule has 1 heterocycles. The largest absolute Gasteiger partial charge is 0.355 e. The fourth-order valence-electron chi connectivity index (χ4n) is 2.95. The summed E-state index contributed by atoms with van der Waals surface area (Å²) in [6.07, 6.45) is 2.34. The molecule has 1 aliphatic rings. The maximum absolute atomic E-state index is 12.3. The number of carbonyl (C=O) groups excluding carboxylic acids is 1. The molecule has 2 rings (SSSR count). The highest BCUT2D eigenvalue weighted by molar-refractivity contribution is 7.91. The molecule has 140 valence electrons. The minimum absolute atomic E-state index is 0.0431. The van der Waals surface area contributed by atoms with E-state index in [4.69, 9.17) is 11.6 Å². The summed E-state index contributed by atoms with van der Waals surface area (Å²) in [6, 6.07) is 6.39. The average Bonchev–Trinajstić information content (AvgIpc) is 2.58. The molecule has 1 aliphatic heterocycles. The van der Waals surface area contributed by atoms with Crippen LogP contribution >= 0.6 is 11.6 Å². The molecule has 1 aromatic rings. The van der Waals surface area contributed by atoms with Gasteiger partial charge in [0.1, 0.15) is 0 Å². The highest BCUT2D eigenvalue weighted by Crippen LogP contribution is 2.18. The van der Waals surface area contributed by atoms with E-state index in [1.165, 1.54) is 25.0 Å². The summed E-state index contributed by atoms with van der Waals surface area (Å²) < 4.78 is 24.5. The molecule has 1 N–H and O–H groups in total. The number of sulfone groups is 1. The van der Waals surface area contributed by atoms with Crippen LogP contribution in [0, 0.1) is 5.92 Å². The van der Waals surface area contributed by atoms with Gasteiger partial charge in [-0.15, -0.1) is 0 Å². The number of piperidine rings is 1. The predicted octanol–water partition coefficient (Wildman–Crippen LogP) is 2.74. The summed E-state index contributed by atoms with van der Waals surface area (Å²) in [7, 11) is -3.50. The zero-order valence-corrected chi connectivity index (χ0v) is 16.4. The van der Waals surface area contributed by atoms with Gasteiger partial charge >= 0.3 is 0 Å². The number of carbonyl (C=O) groups is 1. The highest BCUT2D eigenvalue weighted by Gasteiger charge is 2.21. The van der Waals surface area contributed by atoms with Crippen molar-refractivity contribution in [3.8, 4) is 0 Å². The molecule has 5 nitrogen and oxygen atoms in total. The Kier molecular flexibility index (Phi) is 7.28. The van der Waals surface area contributed by atoms with Crippen molar-refractivity contribution in [2.75, 3.05) is 25.4 Å². The van der Waals surface area contributed by atoms with Gasteiger partial charge in [-0.05, 0) is 57.0 Å². The Balaban J connectivity index is 1.76. The van der Waals surface area contributed by atoms with Crippen molar-refractivity contribution in [2.45, 2.75) is 44.0 Å². The highest BCUT2D eigenvalue weighted by atomic mass is 35.5. The van der Waals surface area contributed by atoms with Gasteiger partial charge in [-0.2, -0.15) is 0 Å². The van der Waals surface area contributed by atoms with Gasteiger partial charge in [0.2, 0.25) is 5.91 Å². The van der Waals surface area contributed by atoms with Crippen LogP contribution in [0.3, 0.4) is 0 Å². The van der Waals surface area contributed by atoms with Gasteiger partial charge in [-0.25, -0.2) is 8.42 Å². The first-order valence-corrected chi connectivity index (χ1v) is 10.8. The first kappa shape index (κ1) is 20.2. The minimum atomic E-state index is -3.50. The molecular formula is C18H27ClN2O3S. The average molecular weight is 387 g/mol. The number of likely N-dealkylation sites (tertiary alicyclic amines) is 1. The third-order valence-electron chi connectivity index (χ3n) is 4.79. The van der Waals surface area contributed by atoms with Gasteiger partial charge < -0.3 is 5.32 Å². The first-order chi connectivity index (χ1) is 11.8. The quantitative estimate of drug-likeness (QED) is 0.782. The van der Waals surface area contributed by atoms with Crippen LogP contribution in [0.2, 0.25) is 5.02 Å². The van der Waals surface area contributed by atoms with E-state index in [1.807, 2.05) is 0 Å². The van der Waals surface area contributed by atoms with E-state index in [2.05, 4.69) is 24.1 Å². The molecule has 1 saturated heterocycles. The maximum atomic E-state index is 12.3. The van der Waals surface area contributed by atoms with E-state index in [9.17, 15) is 13.2 Å². The zero-order valence-electron chi connectivity index (χ0n) is 14.9.